The Bertz CT molecular complexity index is 452. The van der Waals surface area contributed by atoms with Crippen molar-refractivity contribution < 1.29 is 9.90 Å². The summed E-state index contributed by atoms with van der Waals surface area (Å²) >= 11 is 0. The van der Waals surface area contributed by atoms with Crippen molar-refractivity contribution in [3.8, 4) is 0 Å². The Labute approximate surface area is 126 Å². The van der Waals surface area contributed by atoms with E-state index in [4.69, 9.17) is 5.84 Å². The summed E-state index contributed by atoms with van der Waals surface area (Å²) < 4.78 is 0. The molecule has 116 valence electrons. The fraction of sp³-hybridized carbons (Fsp3) is 0.562. The van der Waals surface area contributed by atoms with Crippen LogP contribution in [-0.2, 0) is 4.79 Å². The van der Waals surface area contributed by atoms with Crippen LogP contribution in [0.15, 0.2) is 30.3 Å². The van der Waals surface area contributed by atoms with Crippen molar-refractivity contribution in [2.45, 2.75) is 43.7 Å². The van der Waals surface area contributed by atoms with Gasteiger partial charge in [-0.05, 0) is 25.5 Å². The molecule has 1 aliphatic rings. The lowest BCUT2D eigenvalue weighted by atomic mass is 9.90. The predicted octanol–water partition coefficient (Wildman–Crippen LogP) is 0.995. The summed E-state index contributed by atoms with van der Waals surface area (Å²) in [5.41, 5.74) is 3.20. The average Bonchev–Trinajstić information content (AvgIpc) is 2.53. The van der Waals surface area contributed by atoms with Crippen LogP contribution in [0.4, 0.5) is 0 Å². The molecular weight excluding hydrogens is 266 g/mol. The maximum atomic E-state index is 12.1. The lowest BCUT2D eigenvalue weighted by molar-refractivity contribution is -0.123. The molecule has 1 aromatic carbocycles. The normalized spacial score (nSPS) is 23.8. The van der Waals surface area contributed by atoms with Crippen molar-refractivity contribution in [1.82, 2.24) is 10.3 Å². The van der Waals surface area contributed by atoms with Crippen LogP contribution < -0.4 is 11.3 Å². The molecule has 0 aromatic heterocycles. The number of nitrogens with one attached hydrogen (secondary N) is 1. The van der Waals surface area contributed by atoms with Crippen LogP contribution in [0, 0.1) is 0 Å². The second-order valence-corrected chi connectivity index (χ2v) is 5.83. The Hall–Kier alpha value is -1.43. The maximum Gasteiger partial charge on any atom is 0.242 e. The van der Waals surface area contributed by atoms with Crippen LogP contribution in [0.25, 0.3) is 0 Å². The molecule has 0 radical (unpaired) electrons. The number of hydrogen-bond acceptors (Lipinski definition) is 4. The zero-order valence-electron chi connectivity index (χ0n) is 12.5. The van der Waals surface area contributed by atoms with Crippen molar-refractivity contribution in [3.05, 3.63) is 35.9 Å². The van der Waals surface area contributed by atoms with Gasteiger partial charge in [-0.2, -0.15) is 0 Å². The lowest BCUT2D eigenvalue weighted by Gasteiger charge is -2.36. The van der Waals surface area contributed by atoms with E-state index in [0.29, 0.717) is 6.54 Å². The van der Waals surface area contributed by atoms with Crippen LogP contribution in [0.3, 0.4) is 0 Å². The molecule has 1 amide bonds. The van der Waals surface area contributed by atoms with Crippen LogP contribution >= 0.6 is 0 Å². The Kier molecular flexibility index (Phi) is 5.73. The summed E-state index contributed by atoms with van der Waals surface area (Å²) in [5.74, 6) is 4.80. The van der Waals surface area contributed by atoms with Gasteiger partial charge in [0.25, 0.3) is 0 Å². The summed E-state index contributed by atoms with van der Waals surface area (Å²) in [5, 5.41) is 10.2. The molecule has 1 fully saturated rings. The molecule has 0 saturated heterocycles. The minimum Gasteiger partial charge on any atom is -0.391 e. The Morgan fingerprint density at radius 3 is 2.67 bits per heavy atom. The van der Waals surface area contributed by atoms with Crippen molar-refractivity contribution in [2.75, 3.05) is 13.6 Å². The first kappa shape index (κ1) is 15.9. The van der Waals surface area contributed by atoms with Gasteiger partial charge in [0.1, 0.15) is 0 Å². The third-order valence-corrected chi connectivity index (χ3v) is 4.39. The monoisotopic (exact) mass is 291 g/mol. The van der Waals surface area contributed by atoms with Crippen LogP contribution in [-0.4, -0.2) is 41.7 Å². The van der Waals surface area contributed by atoms with Crippen molar-refractivity contribution in [3.63, 3.8) is 0 Å². The number of amides is 1. The highest BCUT2D eigenvalue weighted by atomic mass is 16.3. The molecule has 5 heteroatoms. The first-order valence-corrected chi connectivity index (χ1v) is 7.57. The third-order valence-electron chi connectivity index (χ3n) is 4.39. The van der Waals surface area contributed by atoms with E-state index in [0.717, 1.165) is 31.2 Å². The van der Waals surface area contributed by atoms with Crippen molar-refractivity contribution in [2.24, 2.45) is 5.84 Å². The molecule has 2 rings (SSSR count). The third kappa shape index (κ3) is 4.03. The molecule has 0 spiro atoms. The molecular formula is C16H25N3O2. The number of carbonyl (C=O) groups excluding carboxylic acids is 1. The second-order valence-electron chi connectivity index (χ2n) is 5.83. The van der Waals surface area contributed by atoms with Gasteiger partial charge < -0.3 is 5.11 Å². The topological polar surface area (TPSA) is 78.6 Å². The van der Waals surface area contributed by atoms with Gasteiger partial charge in [-0.15, -0.1) is 0 Å². The number of likely N-dealkylation sites (N-methyl/N-ethyl adjacent to an activating group) is 1. The average molecular weight is 291 g/mol. The van der Waals surface area contributed by atoms with E-state index in [1.165, 1.54) is 0 Å². The molecule has 1 aliphatic carbocycles. The molecule has 5 nitrogen and oxygen atoms in total. The predicted molar refractivity (Wildman–Crippen MR) is 82.4 cm³/mol. The molecule has 0 bridgehead atoms. The van der Waals surface area contributed by atoms with E-state index in [1.54, 1.807) is 0 Å². The molecule has 0 aliphatic heterocycles. The molecule has 0 heterocycles. The summed E-state index contributed by atoms with van der Waals surface area (Å²) in [7, 11) is 1.97. The van der Waals surface area contributed by atoms with Gasteiger partial charge in [0.05, 0.1) is 12.0 Å². The fourth-order valence-corrected chi connectivity index (χ4v) is 3.15. The van der Waals surface area contributed by atoms with Gasteiger partial charge in [0.2, 0.25) is 5.91 Å². The molecule has 3 unspecified atom stereocenters. The van der Waals surface area contributed by atoms with E-state index in [9.17, 15) is 9.90 Å². The Morgan fingerprint density at radius 1 is 1.38 bits per heavy atom. The van der Waals surface area contributed by atoms with Crippen LogP contribution in [0.5, 0.6) is 0 Å². The number of hydrazine groups is 1. The molecule has 4 N–H and O–H groups in total. The van der Waals surface area contributed by atoms with Crippen molar-refractivity contribution in [1.29, 1.82) is 0 Å². The van der Waals surface area contributed by atoms with Gasteiger partial charge in [0, 0.05) is 12.6 Å². The summed E-state index contributed by atoms with van der Waals surface area (Å²) in [4.78, 5) is 14.2. The Morgan fingerprint density at radius 2 is 2.05 bits per heavy atom. The minimum absolute atomic E-state index is 0.121. The number of benzene rings is 1. The molecule has 21 heavy (non-hydrogen) atoms. The molecule has 3 atom stereocenters. The lowest BCUT2D eigenvalue weighted by Crippen LogP contribution is -2.47. The van der Waals surface area contributed by atoms with Gasteiger partial charge >= 0.3 is 0 Å². The molecule has 1 saturated carbocycles. The summed E-state index contributed by atoms with van der Waals surface area (Å²) in [6.45, 7) is 0.550. The number of carbonyl (C=O) groups is 1. The zero-order valence-corrected chi connectivity index (χ0v) is 12.5. The van der Waals surface area contributed by atoms with Crippen LogP contribution in [0.1, 0.15) is 37.2 Å². The van der Waals surface area contributed by atoms with E-state index >= 15 is 0 Å². The number of aliphatic hydroxyl groups excluding tert-OH is 1. The minimum atomic E-state index is -0.324. The standard InChI is InChI=1S/C16H25N3O2/c1-19(14-9-5-6-10-15(14)20)11-13(16(21)18-17)12-7-3-2-4-8-12/h2-4,7-8,13-15,20H,5-6,9-11,17H2,1H3,(H,18,21). The highest BCUT2D eigenvalue weighted by Crippen LogP contribution is 2.25. The highest BCUT2D eigenvalue weighted by molar-refractivity contribution is 5.83. The number of nitrogens with two attached hydrogens (primary N) is 1. The second kappa shape index (κ2) is 7.54. The maximum absolute atomic E-state index is 12.1. The fourth-order valence-electron chi connectivity index (χ4n) is 3.15. The van der Waals surface area contributed by atoms with Crippen molar-refractivity contribution >= 4 is 5.91 Å². The van der Waals surface area contributed by atoms with Gasteiger partial charge in [0.15, 0.2) is 0 Å². The summed E-state index contributed by atoms with van der Waals surface area (Å²) in [6.07, 6.45) is 3.72. The van der Waals surface area contributed by atoms with Gasteiger partial charge in [-0.25, -0.2) is 5.84 Å². The van der Waals surface area contributed by atoms with E-state index in [-0.39, 0.29) is 24.0 Å². The highest BCUT2D eigenvalue weighted by Gasteiger charge is 2.30. The zero-order chi connectivity index (χ0) is 15.2. The smallest absolute Gasteiger partial charge is 0.242 e. The Balaban J connectivity index is 2.09. The first-order valence-electron chi connectivity index (χ1n) is 7.57. The molecule has 1 aromatic rings. The number of nitrogens with zero attached hydrogens (tertiary/aromatic N) is 1. The van der Waals surface area contributed by atoms with Crippen LogP contribution in [0.2, 0.25) is 0 Å². The quantitative estimate of drug-likeness (QED) is 0.429. The number of aliphatic hydroxyl groups is 1. The number of hydrogen-bond donors (Lipinski definition) is 3. The summed E-state index contributed by atoms with van der Waals surface area (Å²) in [6, 6.07) is 9.75. The van der Waals surface area contributed by atoms with Gasteiger partial charge in [-0.3, -0.25) is 15.1 Å². The van der Waals surface area contributed by atoms with E-state index < -0.39 is 0 Å². The first-order chi connectivity index (χ1) is 10.1. The SMILES string of the molecule is CN(CC(C(=O)NN)c1ccccc1)C1CCCCC1O. The number of rotatable bonds is 5. The van der Waals surface area contributed by atoms with E-state index in [1.807, 2.05) is 37.4 Å². The van der Waals surface area contributed by atoms with Gasteiger partial charge in [-0.1, -0.05) is 43.2 Å². The van der Waals surface area contributed by atoms with E-state index in [2.05, 4.69) is 10.3 Å². The largest absolute Gasteiger partial charge is 0.391 e.